The fourth-order valence-electron chi connectivity index (χ4n) is 2.82. The standard InChI is InChI=1S/C16H15NO2/c1-16(11-7-9-12(18)10-8-11)13-5-3-4-6-14(13)17(2)15(16)19/h3-10,18H,1-2H3. The molecule has 0 saturated heterocycles. The number of amides is 1. The molecule has 0 radical (unpaired) electrons. The average molecular weight is 253 g/mol. The van der Waals surface area contributed by atoms with Crippen molar-refractivity contribution in [1.29, 1.82) is 0 Å². The number of nitrogens with zero attached hydrogens (tertiary/aromatic N) is 1. The van der Waals surface area contributed by atoms with Crippen LogP contribution in [0.3, 0.4) is 0 Å². The quantitative estimate of drug-likeness (QED) is 0.848. The van der Waals surface area contributed by atoms with Gasteiger partial charge in [0.1, 0.15) is 5.75 Å². The second-order valence-electron chi connectivity index (χ2n) is 5.05. The van der Waals surface area contributed by atoms with Gasteiger partial charge in [0, 0.05) is 12.7 Å². The van der Waals surface area contributed by atoms with Crippen molar-refractivity contribution in [3.05, 3.63) is 59.7 Å². The maximum Gasteiger partial charge on any atom is 0.241 e. The molecule has 0 fully saturated rings. The molecule has 1 amide bonds. The van der Waals surface area contributed by atoms with Crippen LogP contribution >= 0.6 is 0 Å². The molecule has 0 saturated carbocycles. The number of phenolic OH excluding ortho intramolecular Hbond substituents is 1. The highest BCUT2D eigenvalue weighted by Gasteiger charge is 2.46. The molecule has 1 atom stereocenters. The Morgan fingerprint density at radius 2 is 1.68 bits per heavy atom. The maximum absolute atomic E-state index is 12.6. The molecule has 1 aliphatic rings. The minimum absolute atomic E-state index is 0.0550. The number of phenols is 1. The molecule has 3 rings (SSSR count). The van der Waals surface area contributed by atoms with Crippen molar-refractivity contribution in [2.75, 3.05) is 11.9 Å². The van der Waals surface area contributed by atoms with Crippen LogP contribution in [0.15, 0.2) is 48.5 Å². The molecular formula is C16H15NO2. The number of para-hydroxylation sites is 1. The lowest BCUT2D eigenvalue weighted by atomic mass is 9.77. The number of hydrogen-bond donors (Lipinski definition) is 1. The van der Waals surface area contributed by atoms with Crippen molar-refractivity contribution in [2.24, 2.45) is 0 Å². The zero-order valence-electron chi connectivity index (χ0n) is 10.9. The largest absolute Gasteiger partial charge is 0.508 e. The summed E-state index contributed by atoms with van der Waals surface area (Å²) in [5.74, 6) is 0.263. The molecule has 0 aliphatic carbocycles. The highest BCUT2D eigenvalue weighted by atomic mass is 16.3. The van der Waals surface area contributed by atoms with Gasteiger partial charge in [-0.15, -0.1) is 0 Å². The first-order valence-corrected chi connectivity index (χ1v) is 6.22. The number of anilines is 1. The smallest absolute Gasteiger partial charge is 0.241 e. The van der Waals surface area contributed by atoms with Crippen LogP contribution < -0.4 is 4.90 Å². The number of carbonyl (C=O) groups excluding carboxylic acids is 1. The van der Waals surface area contributed by atoms with Crippen LogP contribution in [0.4, 0.5) is 5.69 Å². The fraction of sp³-hybridized carbons (Fsp3) is 0.188. The number of rotatable bonds is 1. The molecule has 1 N–H and O–H groups in total. The van der Waals surface area contributed by atoms with Gasteiger partial charge in [0.05, 0.1) is 5.41 Å². The summed E-state index contributed by atoms with van der Waals surface area (Å²) in [5.41, 5.74) is 2.17. The summed E-state index contributed by atoms with van der Waals surface area (Å²) in [6.07, 6.45) is 0. The Bertz CT molecular complexity index is 648. The van der Waals surface area contributed by atoms with Gasteiger partial charge in [-0.05, 0) is 36.2 Å². The van der Waals surface area contributed by atoms with Crippen molar-refractivity contribution < 1.29 is 9.90 Å². The summed E-state index contributed by atoms with van der Waals surface area (Å²) in [7, 11) is 1.80. The Labute approximate surface area is 112 Å². The molecule has 19 heavy (non-hydrogen) atoms. The van der Waals surface area contributed by atoms with E-state index in [1.54, 1.807) is 24.1 Å². The molecule has 1 aliphatic heterocycles. The molecular weight excluding hydrogens is 238 g/mol. The van der Waals surface area contributed by atoms with Crippen LogP contribution in [0.25, 0.3) is 0 Å². The average Bonchev–Trinajstić information content (AvgIpc) is 2.63. The van der Waals surface area contributed by atoms with E-state index in [1.807, 2.05) is 43.3 Å². The molecule has 2 aromatic carbocycles. The first-order valence-electron chi connectivity index (χ1n) is 6.22. The van der Waals surface area contributed by atoms with Gasteiger partial charge in [0.25, 0.3) is 0 Å². The topological polar surface area (TPSA) is 40.5 Å². The van der Waals surface area contributed by atoms with E-state index in [0.717, 1.165) is 16.8 Å². The summed E-state index contributed by atoms with van der Waals surface area (Å²) in [5, 5.41) is 9.40. The van der Waals surface area contributed by atoms with Gasteiger partial charge in [-0.2, -0.15) is 0 Å². The molecule has 3 nitrogen and oxygen atoms in total. The van der Waals surface area contributed by atoms with Crippen molar-refractivity contribution in [3.8, 4) is 5.75 Å². The second-order valence-corrected chi connectivity index (χ2v) is 5.05. The van der Waals surface area contributed by atoms with Crippen LogP contribution in [0.2, 0.25) is 0 Å². The Balaban J connectivity index is 2.24. The van der Waals surface area contributed by atoms with Crippen LogP contribution in [0, 0.1) is 0 Å². The second kappa shape index (κ2) is 3.85. The molecule has 0 spiro atoms. The first-order chi connectivity index (χ1) is 9.05. The highest BCUT2D eigenvalue weighted by Crippen LogP contribution is 2.45. The molecule has 2 aromatic rings. The lowest BCUT2D eigenvalue weighted by molar-refractivity contribution is -0.121. The van der Waals surface area contributed by atoms with Crippen LogP contribution in [0.1, 0.15) is 18.1 Å². The number of fused-ring (bicyclic) bond motifs is 1. The Morgan fingerprint density at radius 3 is 2.37 bits per heavy atom. The molecule has 0 aromatic heterocycles. The zero-order chi connectivity index (χ0) is 13.6. The van der Waals surface area contributed by atoms with E-state index >= 15 is 0 Å². The summed E-state index contributed by atoms with van der Waals surface area (Å²) in [6, 6.07) is 14.7. The lowest BCUT2D eigenvalue weighted by Gasteiger charge is -2.24. The Morgan fingerprint density at radius 1 is 1.05 bits per heavy atom. The number of likely N-dealkylation sites (N-methyl/N-ethyl adjacent to an activating group) is 1. The van der Waals surface area contributed by atoms with E-state index in [1.165, 1.54) is 0 Å². The van der Waals surface area contributed by atoms with Crippen LogP contribution in [0.5, 0.6) is 5.75 Å². The van der Waals surface area contributed by atoms with Crippen LogP contribution in [-0.4, -0.2) is 18.1 Å². The van der Waals surface area contributed by atoms with Gasteiger partial charge >= 0.3 is 0 Å². The van der Waals surface area contributed by atoms with Gasteiger partial charge in [-0.3, -0.25) is 4.79 Å². The molecule has 96 valence electrons. The summed E-state index contributed by atoms with van der Waals surface area (Å²) < 4.78 is 0. The van der Waals surface area contributed by atoms with E-state index in [9.17, 15) is 9.90 Å². The minimum atomic E-state index is -0.682. The molecule has 0 bridgehead atoms. The Kier molecular flexibility index (Phi) is 2.39. The van der Waals surface area contributed by atoms with Gasteiger partial charge in [0.15, 0.2) is 0 Å². The van der Waals surface area contributed by atoms with Crippen molar-refractivity contribution in [3.63, 3.8) is 0 Å². The van der Waals surface area contributed by atoms with Gasteiger partial charge in [0.2, 0.25) is 5.91 Å². The minimum Gasteiger partial charge on any atom is -0.508 e. The van der Waals surface area contributed by atoms with Crippen LogP contribution in [-0.2, 0) is 10.2 Å². The number of aromatic hydroxyl groups is 1. The number of carbonyl (C=O) groups is 1. The van der Waals surface area contributed by atoms with Crippen molar-refractivity contribution in [2.45, 2.75) is 12.3 Å². The van der Waals surface area contributed by atoms with Gasteiger partial charge < -0.3 is 10.0 Å². The maximum atomic E-state index is 12.6. The molecule has 1 heterocycles. The highest BCUT2D eigenvalue weighted by molar-refractivity contribution is 6.09. The zero-order valence-corrected chi connectivity index (χ0v) is 10.9. The Hall–Kier alpha value is -2.29. The van der Waals surface area contributed by atoms with Crippen molar-refractivity contribution >= 4 is 11.6 Å². The summed E-state index contributed by atoms with van der Waals surface area (Å²) >= 11 is 0. The predicted molar refractivity (Wildman–Crippen MR) is 74.4 cm³/mol. The summed E-state index contributed by atoms with van der Waals surface area (Å²) in [4.78, 5) is 14.3. The van der Waals surface area contributed by atoms with E-state index < -0.39 is 5.41 Å². The number of benzene rings is 2. The van der Waals surface area contributed by atoms with Crippen molar-refractivity contribution in [1.82, 2.24) is 0 Å². The molecule has 3 heteroatoms. The third kappa shape index (κ3) is 1.48. The van der Waals surface area contributed by atoms with Gasteiger partial charge in [-0.25, -0.2) is 0 Å². The SMILES string of the molecule is CN1C(=O)C(C)(c2ccc(O)cc2)c2ccccc21. The lowest BCUT2D eigenvalue weighted by Crippen LogP contribution is -2.36. The van der Waals surface area contributed by atoms with E-state index in [-0.39, 0.29) is 11.7 Å². The monoisotopic (exact) mass is 253 g/mol. The normalized spacial score (nSPS) is 21.6. The third-order valence-corrected chi connectivity index (χ3v) is 3.98. The first kappa shape index (κ1) is 11.8. The number of hydrogen-bond acceptors (Lipinski definition) is 2. The van der Waals surface area contributed by atoms with Gasteiger partial charge in [-0.1, -0.05) is 30.3 Å². The van der Waals surface area contributed by atoms with E-state index in [4.69, 9.17) is 0 Å². The predicted octanol–water partition coefficient (Wildman–Crippen LogP) is 2.67. The van der Waals surface area contributed by atoms with E-state index in [0.29, 0.717) is 0 Å². The molecule has 1 unspecified atom stereocenters. The third-order valence-electron chi connectivity index (χ3n) is 3.98. The van der Waals surface area contributed by atoms with E-state index in [2.05, 4.69) is 0 Å². The fourth-order valence-corrected chi connectivity index (χ4v) is 2.82. The summed E-state index contributed by atoms with van der Waals surface area (Å²) in [6.45, 7) is 1.93.